The highest BCUT2D eigenvalue weighted by atomic mass is 35.5. The Kier molecular flexibility index (Phi) is 9.28. The van der Waals surface area contributed by atoms with Crippen LogP contribution in [0.25, 0.3) is 0 Å². The molecule has 0 spiro atoms. The van der Waals surface area contributed by atoms with Gasteiger partial charge in [0.2, 0.25) is 5.91 Å². The average molecular weight is 472 g/mol. The van der Waals surface area contributed by atoms with Crippen molar-refractivity contribution in [1.82, 2.24) is 10.2 Å². The molecule has 2 aromatic carbocycles. The van der Waals surface area contributed by atoms with Crippen molar-refractivity contribution in [3.8, 4) is 5.75 Å². The smallest absolute Gasteiger partial charge is 0.261 e. The van der Waals surface area contributed by atoms with Crippen LogP contribution in [-0.4, -0.2) is 35.4 Å². The second-order valence-corrected chi connectivity index (χ2v) is 8.29. The molecule has 2 atom stereocenters. The molecule has 0 fully saturated rings. The lowest BCUT2D eigenvalue weighted by atomic mass is 10.1. The molecule has 0 aliphatic rings. The predicted molar refractivity (Wildman–Crippen MR) is 121 cm³/mol. The van der Waals surface area contributed by atoms with Gasteiger partial charge < -0.3 is 15.0 Å². The SMILES string of the molecule is CC[C@H](C)NC(=O)[C@@H](C)N(Cc1cccc(Cl)c1)C(=O)COc1ccc(Cl)cc1Cl. The summed E-state index contributed by atoms with van der Waals surface area (Å²) < 4.78 is 5.59. The van der Waals surface area contributed by atoms with Gasteiger partial charge in [-0.2, -0.15) is 0 Å². The van der Waals surface area contributed by atoms with Crippen LogP contribution < -0.4 is 10.1 Å². The maximum Gasteiger partial charge on any atom is 0.261 e. The van der Waals surface area contributed by atoms with Crippen LogP contribution in [0.15, 0.2) is 42.5 Å². The number of carbonyl (C=O) groups is 2. The van der Waals surface area contributed by atoms with Crippen LogP contribution in [0.1, 0.15) is 32.8 Å². The summed E-state index contributed by atoms with van der Waals surface area (Å²) in [5.74, 6) is -0.245. The fourth-order valence-electron chi connectivity index (χ4n) is 2.69. The summed E-state index contributed by atoms with van der Waals surface area (Å²) in [6, 6.07) is 11.2. The number of hydrogen-bond donors (Lipinski definition) is 1. The molecule has 0 saturated carbocycles. The minimum atomic E-state index is -0.699. The number of benzene rings is 2. The van der Waals surface area contributed by atoms with Gasteiger partial charge in [-0.15, -0.1) is 0 Å². The van der Waals surface area contributed by atoms with E-state index in [0.717, 1.165) is 12.0 Å². The van der Waals surface area contributed by atoms with E-state index in [4.69, 9.17) is 39.5 Å². The van der Waals surface area contributed by atoms with Crippen LogP contribution in [-0.2, 0) is 16.1 Å². The lowest BCUT2D eigenvalue weighted by Gasteiger charge is -2.29. The summed E-state index contributed by atoms with van der Waals surface area (Å²) in [5.41, 5.74) is 0.809. The minimum absolute atomic E-state index is 0.00666. The summed E-state index contributed by atoms with van der Waals surface area (Å²) in [6.07, 6.45) is 0.791. The van der Waals surface area contributed by atoms with Gasteiger partial charge >= 0.3 is 0 Å². The summed E-state index contributed by atoms with van der Waals surface area (Å²) in [6.45, 7) is 5.53. The number of halogens is 3. The molecule has 0 aromatic heterocycles. The van der Waals surface area contributed by atoms with Crippen LogP contribution in [0.3, 0.4) is 0 Å². The molecule has 2 amide bonds. The van der Waals surface area contributed by atoms with Crippen molar-refractivity contribution in [3.05, 3.63) is 63.1 Å². The zero-order valence-electron chi connectivity index (χ0n) is 17.1. The third-order valence-corrected chi connectivity index (χ3v) is 5.42. The first kappa shape index (κ1) is 24.3. The van der Waals surface area contributed by atoms with Crippen molar-refractivity contribution in [3.63, 3.8) is 0 Å². The van der Waals surface area contributed by atoms with E-state index >= 15 is 0 Å². The monoisotopic (exact) mass is 470 g/mol. The van der Waals surface area contributed by atoms with Crippen LogP contribution in [0.2, 0.25) is 15.1 Å². The highest BCUT2D eigenvalue weighted by Crippen LogP contribution is 2.27. The van der Waals surface area contributed by atoms with E-state index in [0.29, 0.717) is 20.8 Å². The van der Waals surface area contributed by atoms with Gasteiger partial charge in [0.25, 0.3) is 5.91 Å². The largest absolute Gasteiger partial charge is 0.482 e. The summed E-state index contributed by atoms with van der Waals surface area (Å²) in [7, 11) is 0. The quantitative estimate of drug-likeness (QED) is 0.536. The molecular weight excluding hydrogens is 447 g/mol. The molecule has 0 saturated heterocycles. The molecule has 5 nitrogen and oxygen atoms in total. The van der Waals surface area contributed by atoms with Gasteiger partial charge in [0.05, 0.1) is 5.02 Å². The maximum absolute atomic E-state index is 13.0. The van der Waals surface area contributed by atoms with Gasteiger partial charge in [-0.3, -0.25) is 9.59 Å². The van der Waals surface area contributed by atoms with Crippen molar-refractivity contribution < 1.29 is 14.3 Å². The molecule has 8 heteroatoms. The molecule has 0 radical (unpaired) electrons. The summed E-state index contributed by atoms with van der Waals surface area (Å²) in [4.78, 5) is 27.1. The number of carbonyl (C=O) groups excluding carboxylic acids is 2. The highest BCUT2D eigenvalue weighted by Gasteiger charge is 2.27. The number of hydrogen-bond acceptors (Lipinski definition) is 3. The van der Waals surface area contributed by atoms with Crippen molar-refractivity contribution in [2.24, 2.45) is 0 Å². The van der Waals surface area contributed by atoms with E-state index in [1.54, 1.807) is 37.3 Å². The zero-order chi connectivity index (χ0) is 22.3. The first-order chi connectivity index (χ1) is 14.2. The van der Waals surface area contributed by atoms with Gasteiger partial charge in [0, 0.05) is 22.6 Å². The molecule has 2 rings (SSSR count). The van der Waals surface area contributed by atoms with E-state index in [2.05, 4.69) is 5.32 Å². The molecule has 0 aliphatic heterocycles. The molecule has 30 heavy (non-hydrogen) atoms. The lowest BCUT2D eigenvalue weighted by Crippen LogP contribution is -2.50. The lowest BCUT2D eigenvalue weighted by molar-refractivity contribution is -0.142. The van der Waals surface area contributed by atoms with Crippen LogP contribution >= 0.6 is 34.8 Å². The van der Waals surface area contributed by atoms with Crippen molar-refractivity contribution in [1.29, 1.82) is 0 Å². The van der Waals surface area contributed by atoms with Gasteiger partial charge in [0.15, 0.2) is 6.61 Å². The van der Waals surface area contributed by atoms with Crippen molar-refractivity contribution in [2.75, 3.05) is 6.61 Å². The number of amides is 2. The van der Waals surface area contributed by atoms with Crippen molar-refractivity contribution in [2.45, 2.75) is 45.8 Å². The minimum Gasteiger partial charge on any atom is -0.482 e. The Bertz CT molecular complexity index is 892. The van der Waals surface area contributed by atoms with Gasteiger partial charge in [-0.05, 0) is 56.2 Å². The molecule has 1 N–H and O–H groups in total. The topological polar surface area (TPSA) is 58.6 Å². The standard InChI is InChI=1S/C22H25Cl3N2O3/c1-4-14(2)26-22(29)15(3)27(12-16-6-5-7-17(23)10-16)21(28)13-30-20-9-8-18(24)11-19(20)25/h5-11,14-15H,4,12-13H2,1-3H3,(H,26,29)/t14-,15+/m0/s1. The third kappa shape index (κ3) is 7.08. The fraction of sp³-hybridized carbons (Fsp3) is 0.364. The second-order valence-electron chi connectivity index (χ2n) is 7.01. The Morgan fingerprint density at radius 3 is 2.40 bits per heavy atom. The molecule has 2 aromatic rings. The third-order valence-electron chi connectivity index (χ3n) is 4.66. The summed E-state index contributed by atoms with van der Waals surface area (Å²) >= 11 is 18.1. The first-order valence-corrected chi connectivity index (χ1v) is 10.8. The molecular formula is C22H25Cl3N2O3. The average Bonchev–Trinajstić information content (AvgIpc) is 2.70. The van der Waals surface area contributed by atoms with Gasteiger partial charge in [-0.25, -0.2) is 0 Å². The maximum atomic E-state index is 13.0. The van der Waals surface area contributed by atoms with Crippen LogP contribution in [0.5, 0.6) is 5.75 Å². The molecule has 0 heterocycles. The predicted octanol–water partition coefficient (Wildman–Crippen LogP) is 5.36. The van der Waals surface area contributed by atoms with E-state index in [-0.39, 0.29) is 31.0 Å². The number of nitrogens with one attached hydrogen (secondary N) is 1. The van der Waals surface area contributed by atoms with Crippen LogP contribution in [0.4, 0.5) is 0 Å². The Morgan fingerprint density at radius 1 is 1.07 bits per heavy atom. The van der Waals surface area contributed by atoms with Crippen molar-refractivity contribution >= 4 is 46.6 Å². The highest BCUT2D eigenvalue weighted by molar-refractivity contribution is 6.35. The number of nitrogens with zero attached hydrogens (tertiary/aromatic N) is 1. The molecule has 0 aliphatic carbocycles. The van der Waals surface area contributed by atoms with Crippen LogP contribution in [0, 0.1) is 0 Å². The van der Waals surface area contributed by atoms with E-state index in [9.17, 15) is 9.59 Å². The number of rotatable bonds is 9. The van der Waals surface area contributed by atoms with E-state index in [1.807, 2.05) is 19.9 Å². The molecule has 0 unspecified atom stereocenters. The number of ether oxygens (including phenoxy) is 1. The Hall–Kier alpha value is -1.95. The van der Waals surface area contributed by atoms with E-state index < -0.39 is 6.04 Å². The fourth-order valence-corrected chi connectivity index (χ4v) is 3.37. The van der Waals surface area contributed by atoms with Gasteiger partial charge in [0.1, 0.15) is 11.8 Å². The summed E-state index contributed by atoms with van der Waals surface area (Å²) in [5, 5.41) is 4.25. The Balaban J connectivity index is 2.18. The molecule has 162 valence electrons. The molecule has 0 bridgehead atoms. The normalized spacial score (nSPS) is 12.7. The van der Waals surface area contributed by atoms with Gasteiger partial charge in [-0.1, -0.05) is 53.9 Å². The van der Waals surface area contributed by atoms with E-state index in [1.165, 1.54) is 11.0 Å². The first-order valence-electron chi connectivity index (χ1n) is 9.63. The Labute approximate surface area is 192 Å². The zero-order valence-corrected chi connectivity index (χ0v) is 19.4. The second kappa shape index (κ2) is 11.4. The Morgan fingerprint density at radius 2 is 1.77 bits per heavy atom.